The maximum atomic E-state index is 12.6. The lowest BCUT2D eigenvalue weighted by atomic mass is 9.82. The maximum Gasteiger partial charge on any atom is 0.260 e. The van der Waals surface area contributed by atoms with Crippen molar-refractivity contribution >= 4 is 23.3 Å². The number of halogens is 1. The van der Waals surface area contributed by atoms with Gasteiger partial charge in [0.05, 0.1) is 12.0 Å². The van der Waals surface area contributed by atoms with Crippen molar-refractivity contribution in [3.05, 3.63) is 58.6 Å². The van der Waals surface area contributed by atoms with Crippen LogP contribution in [-0.2, 0) is 11.2 Å². The van der Waals surface area contributed by atoms with Crippen LogP contribution in [0.2, 0.25) is 5.02 Å². The van der Waals surface area contributed by atoms with E-state index in [-0.39, 0.29) is 18.3 Å². The lowest BCUT2D eigenvalue weighted by Crippen LogP contribution is -2.53. The van der Waals surface area contributed by atoms with Crippen molar-refractivity contribution in [2.24, 2.45) is 0 Å². The molecule has 1 spiro atoms. The average Bonchev–Trinajstić information content (AvgIpc) is 2.73. The molecule has 4 rings (SSSR count). The predicted molar refractivity (Wildman–Crippen MR) is 111 cm³/mol. The summed E-state index contributed by atoms with van der Waals surface area (Å²) in [6.07, 6.45) is 2.42. The molecule has 2 aromatic carbocycles. The number of ether oxygens (including phenoxy) is 2. The number of carbonyl (C=O) groups excluding carboxylic acids is 2. The first-order chi connectivity index (χ1) is 14.0. The molecule has 2 aliphatic rings. The first-order valence-corrected chi connectivity index (χ1v) is 10.4. The van der Waals surface area contributed by atoms with E-state index in [2.05, 4.69) is 6.92 Å². The van der Waals surface area contributed by atoms with Gasteiger partial charge in [0.15, 0.2) is 12.4 Å². The van der Waals surface area contributed by atoms with Gasteiger partial charge in [-0.2, -0.15) is 0 Å². The molecule has 5 nitrogen and oxygen atoms in total. The maximum absolute atomic E-state index is 12.6. The summed E-state index contributed by atoms with van der Waals surface area (Å²) in [5.74, 6) is 1.35. The molecule has 0 unspecified atom stereocenters. The number of hydrogen-bond acceptors (Lipinski definition) is 4. The van der Waals surface area contributed by atoms with Crippen LogP contribution in [0.3, 0.4) is 0 Å². The van der Waals surface area contributed by atoms with E-state index in [1.54, 1.807) is 23.1 Å². The van der Waals surface area contributed by atoms with E-state index in [1.807, 2.05) is 24.3 Å². The molecule has 1 saturated heterocycles. The fourth-order valence-corrected chi connectivity index (χ4v) is 4.25. The number of para-hydroxylation sites is 1. The van der Waals surface area contributed by atoms with Crippen LogP contribution in [0.4, 0.5) is 0 Å². The van der Waals surface area contributed by atoms with Gasteiger partial charge in [-0.3, -0.25) is 9.59 Å². The number of likely N-dealkylation sites (tertiary alicyclic amines) is 1. The van der Waals surface area contributed by atoms with E-state index in [4.69, 9.17) is 21.1 Å². The molecule has 1 amide bonds. The van der Waals surface area contributed by atoms with Crippen molar-refractivity contribution in [3.63, 3.8) is 0 Å². The molecule has 2 heterocycles. The lowest BCUT2D eigenvalue weighted by Gasteiger charge is -2.43. The van der Waals surface area contributed by atoms with E-state index in [9.17, 15) is 9.59 Å². The first-order valence-electron chi connectivity index (χ1n) is 10.00. The van der Waals surface area contributed by atoms with E-state index in [0.717, 1.165) is 17.7 Å². The smallest absolute Gasteiger partial charge is 0.260 e. The van der Waals surface area contributed by atoms with Crippen LogP contribution in [0.25, 0.3) is 0 Å². The second-order valence-electron chi connectivity index (χ2n) is 7.66. The topological polar surface area (TPSA) is 55.8 Å². The van der Waals surface area contributed by atoms with Crippen LogP contribution >= 0.6 is 11.6 Å². The summed E-state index contributed by atoms with van der Waals surface area (Å²) in [7, 11) is 0. The van der Waals surface area contributed by atoms with Gasteiger partial charge >= 0.3 is 0 Å². The highest BCUT2D eigenvalue weighted by molar-refractivity contribution is 6.31. The zero-order valence-corrected chi connectivity index (χ0v) is 17.2. The third kappa shape index (κ3) is 4.10. The molecule has 0 radical (unpaired) electrons. The fourth-order valence-electron chi connectivity index (χ4n) is 4.08. The number of piperidine rings is 1. The second-order valence-corrected chi connectivity index (χ2v) is 8.09. The van der Waals surface area contributed by atoms with Gasteiger partial charge in [-0.25, -0.2) is 0 Å². The molecular weight excluding hydrogens is 390 g/mol. The quantitative estimate of drug-likeness (QED) is 0.749. The average molecular weight is 414 g/mol. The Bertz CT molecular complexity index is 934. The summed E-state index contributed by atoms with van der Waals surface area (Å²) in [6.45, 7) is 3.18. The molecule has 0 saturated carbocycles. The number of carbonyl (C=O) groups is 2. The Hall–Kier alpha value is -2.53. The van der Waals surface area contributed by atoms with Gasteiger partial charge in [0.2, 0.25) is 0 Å². The van der Waals surface area contributed by atoms with Crippen molar-refractivity contribution in [2.45, 2.75) is 38.2 Å². The minimum Gasteiger partial charge on any atom is -0.486 e. The number of rotatable bonds is 4. The summed E-state index contributed by atoms with van der Waals surface area (Å²) in [5, 5.41) is 0.529. The number of nitrogens with zero attached hydrogens (tertiary/aromatic N) is 1. The van der Waals surface area contributed by atoms with E-state index in [0.29, 0.717) is 48.7 Å². The van der Waals surface area contributed by atoms with Crippen LogP contribution in [0.5, 0.6) is 11.5 Å². The van der Waals surface area contributed by atoms with Crippen LogP contribution in [0.15, 0.2) is 42.5 Å². The Morgan fingerprint density at radius 3 is 2.72 bits per heavy atom. The standard InChI is InChI=1S/C23H24ClNO4/c1-2-16-5-3-4-6-20(16)28-15-22(27)25-11-9-23(10-12-25)14-19(26)18-13-17(24)7-8-21(18)29-23/h3-8,13H,2,9-12,14-15H2,1H3. The Morgan fingerprint density at radius 1 is 1.21 bits per heavy atom. The van der Waals surface area contributed by atoms with Crippen molar-refractivity contribution in [2.75, 3.05) is 19.7 Å². The van der Waals surface area contributed by atoms with Gasteiger partial charge in [0.25, 0.3) is 5.91 Å². The van der Waals surface area contributed by atoms with Crippen LogP contribution in [0, 0.1) is 0 Å². The summed E-state index contributed by atoms with van der Waals surface area (Å²) >= 11 is 6.00. The molecule has 2 aromatic rings. The molecule has 0 aromatic heterocycles. The zero-order valence-electron chi connectivity index (χ0n) is 16.4. The van der Waals surface area contributed by atoms with Crippen molar-refractivity contribution < 1.29 is 19.1 Å². The van der Waals surface area contributed by atoms with Gasteiger partial charge < -0.3 is 14.4 Å². The summed E-state index contributed by atoms with van der Waals surface area (Å²) in [4.78, 5) is 27.0. The largest absolute Gasteiger partial charge is 0.486 e. The van der Waals surface area contributed by atoms with Gasteiger partial charge in [0.1, 0.15) is 17.1 Å². The molecule has 29 heavy (non-hydrogen) atoms. The molecule has 152 valence electrons. The molecule has 1 fully saturated rings. The van der Waals surface area contributed by atoms with Crippen molar-refractivity contribution in [3.8, 4) is 11.5 Å². The summed E-state index contributed by atoms with van der Waals surface area (Å²) in [6, 6.07) is 12.9. The van der Waals surface area contributed by atoms with E-state index < -0.39 is 5.60 Å². The lowest BCUT2D eigenvalue weighted by molar-refractivity contribution is -0.136. The highest BCUT2D eigenvalue weighted by Crippen LogP contribution is 2.40. The summed E-state index contributed by atoms with van der Waals surface area (Å²) < 4.78 is 12.0. The number of ketones is 1. The summed E-state index contributed by atoms with van der Waals surface area (Å²) in [5.41, 5.74) is 1.10. The number of aryl methyl sites for hydroxylation is 1. The van der Waals surface area contributed by atoms with E-state index >= 15 is 0 Å². The normalized spacial score (nSPS) is 17.6. The third-order valence-electron chi connectivity index (χ3n) is 5.78. The van der Waals surface area contributed by atoms with Crippen LogP contribution in [0.1, 0.15) is 42.1 Å². The molecule has 2 aliphatic heterocycles. The minimum absolute atomic E-state index is 0.0190. The first kappa shape index (κ1) is 19.8. The van der Waals surface area contributed by atoms with E-state index in [1.165, 1.54) is 0 Å². The van der Waals surface area contributed by atoms with Gasteiger partial charge in [-0.05, 0) is 36.2 Å². The van der Waals surface area contributed by atoms with Crippen LogP contribution < -0.4 is 9.47 Å². The molecule has 0 bridgehead atoms. The monoisotopic (exact) mass is 413 g/mol. The molecule has 0 atom stereocenters. The SMILES string of the molecule is CCc1ccccc1OCC(=O)N1CCC2(CC1)CC(=O)c1cc(Cl)ccc1O2. The van der Waals surface area contributed by atoms with Gasteiger partial charge in [-0.1, -0.05) is 36.7 Å². The number of Topliss-reactive ketones (excluding diaryl/α,β-unsaturated/α-hetero) is 1. The van der Waals surface area contributed by atoms with Gasteiger partial charge in [-0.15, -0.1) is 0 Å². The minimum atomic E-state index is -0.537. The Morgan fingerprint density at radius 2 is 1.97 bits per heavy atom. The molecule has 0 N–H and O–H groups in total. The predicted octanol–water partition coefficient (Wildman–Crippen LogP) is 4.31. The number of benzene rings is 2. The second kappa shape index (κ2) is 8.07. The molecule has 6 heteroatoms. The van der Waals surface area contributed by atoms with Crippen molar-refractivity contribution in [1.82, 2.24) is 4.90 Å². The Labute approximate surface area is 175 Å². The Kier molecular flexibility index (Phi) is 5.50. The number of amides is 1. The van der Waals surface area contributed by atoms with Crippen molar-refractivity contribution in [1.29, 1.82) is 0 Å². The highest BCUT2D eigenvalue weighted by atomic mass is 35.5. The molecule has 0 aliphatic carbocycles. The highest BCUT2D eigenvalue weighted by Gasteiger charge is 2.43. The number of hydrogen-bond donors (Lipinski definition) is 0. The fraction of sp³-hybridized carbons (Fsp3) is 0.391. The molecular formula is C23H24ClNO4. The number of fused-ring (bicyclic) bond motifs is 1. The third-order valence-corrected chi connectivity index (χ3v) is 6.02. The zero-order chi connectivity index (χ0) is 20.4. The Balaban J connectivity index is 1.36. The van der Waals surface area contributed by atoms with Gasteiger partial charge in [0, 0.05) is 31.0 Å². The van der Waals surface area contributed by atoms with Crippen LogP contribution in [-0.4, -0.2) is 41.9 Å².